The SMILES string of the molecule is CC1CN(CCNCc2cccs2)CCN1C. The Morgan fingerprint density at radius 1 is 1.47 bits per heavy atom. The molecule has 1 aromatic rings. The van der Waals surface area contributed by atoms with Crippen molar-refractivity contribution in [2.45, 2.75) is 19.5 Å². The maximum atomic E-state index is 3.52. The lowest BCUT2D eigenvalue weighted by Gasteiger charge is -2.37. The number of hydrogen-bond acceptors (Lipinski definition) is 4. The molecule has 2 heterocycles. The molecule has 0 bridgehead atoms. The molecule has 2 rings (SSSR count). The number of thiophene rings is 1. The van der Waals surface area contributed by atoms with Crippen LogP contribution in [0.15, 0.2) is 17.5 Å². The van der Waals surface area contributed by atoms with Crippen LogP contribution < -0.4 is 5.32 Å². The smallest absolute Gasteiger partial charge is 0.0300 e. The van der Waals surface area contributed by atoms with E-state index < -0.39 is 0 Å². The summed E-state index contributed by atoms with van der Waals surface area (Å²) < 4.78 is 0. The van der Waals surface area contributed by atoms with Crippen LogP contribution in [0, 0.1) is 0 Å². The highest BCUT2D eigenvalue weighted by Crippen LogP contribution is 2.08. The fourth-order valence-corrected chi connectivity index (χ4v) is 2.86. The van der Waals surface area contributed by atoms with Crippen LogP contribution in [-0.4, -0.2) is 55.6 Å². The van der Waals surface area contributed by atoms with E-state index in [1.54, 1.807) is 0 Å². The zero-order chi connectivity index (χ0) is 12.1. The summed E-state index contributed by atoms with van der Waals surface area (Å²) in [5.41, 5.74) is 0. The van der Waals surface area contributed by atoms with Crippen molar-refractivity contribution >= 4 is 11.3 Å². The fourth-order valence-electron chi connectivity index (χ4n) is 2.19. The molecule has 1 aliphatic heterocycles. The van der Waals surface area contributed by atoms with Crippen LogP contribution in [0.5, 0.6) is 0 Å². The highest BCUT2D eigenvalue weighted by Gasteiger charge is 2.19. The summed E-state index contributed by atoms with van der Waals surface area (Å²) in [6.45, 7) is 9.20. The van der Waals surface area contributed by atoms with Gasteiger partial charge in [-0.15, -0.1) is 11.3 Å². The van der Waals surface area contributed by atoms with Gasteiger partial charge in [0.25, 0.3) is 0 Å². The lowest BCUT2D eigenvalue weighted by Crippen LogP contribution is -2.51. The number of hydrogen-bond donors (Lipinski definition) is 1. The van der Waals surface area contributed by atoms with Gasteiger partial charge >= 0.3 is 0 Å². The minimum absolute atomic E-state index is 0.695. The monoisotopic (exact) mass is 253 g/mol. The summed E-state index contributed by atoms with van der Waals surface area (Å²) in [5, 5.41) is 5.65. The van der Waals surface area contributed by atoms with Crippen LogP contribution in [0.4, 0.5) is 0 Å². The standard InChI is InChI=1S/C13H23N3S/c1-12-11-16(8-7-15(12)2)6-5-14-10-13-4-3-9-17-13/h3-4,9,12,14H,5-8,10-11H2,1-2H3. The molecule has 1 aromatic heterocycles. The number of piperazine rings is 1. The summed E-state index contributed by atoms with van der Waals surface area (Å²) in [5.74, 6) is 0. The molecular weight excluding hydrogens is 230 g/mol. The highest BCUT2D eigenvalue weighted by molar-refractivity contribution is 7.09. The van der Waals surface area contributed by atoms with E-state index in [1.807, 2.05) is 11.3 Å². The summed E-state index contributed by atoms with van der Waals surface area (Å²) in [6, 6.07) is 5.00. The lowest BCUT2D eigenvalue weighted by atomic mass is 10.2. The maximum absolute atomic E-state index is 3.52. The van der Waals surface area contributed by atoms with E-state index in [1.165, 1.54) is 31.1 Å². The Kier molecular flexibility index (Phi) is 4.98. The van der Waals surface area contributed by atoms with Gasteiger partial charge in [0.1, 0.15) is 0 Å². The summed E-state index contributed by atoms with van der Waals surface area (Å²) in [4.78, 5) is 6.43. The van der Waals surface area contributed by atoms with E-state index >= 15 is 0 Å². The van der Waals surface area contributed by atoms with Gasteiger partial charge in [0.05, 0.1) is 0 Å². The van der Waals surface area contributed by atoms with E-state index in [0.29, 0.717) is 6.04 Å². The summed E-state index contributed by atoms with van der Waals surface area (Å²) in [6.07, 6.45) is 0. The van der Waals surface area contributed by atoms with Crippen molar-refractivity contribution in [1.29, 1.82) is 0 Å². The molecule has 1 N–H and O–H groups in total. The first-order valence-corrected chi connectivity index (χ1v) is 7.29. The Bertz CT molecular complexity index is 312. The van der Waals surface area contributed by atoms with Crippen molar-refractivity contribution in [2.24, 2.45) is 0 Å². The number of likely N-dealkylation sites (N-methyl/N-ethyl adjacent to an activating group) is 1. The van der Waals surface area contributed by atoms with Gasteiger partial charge in [0.2, 0.25) is 0 Å². The van der Waals surface area contributed by atoms with Crippen molar-refractivity contribution in [3.05, 3.63) is 22.4 Å². The predicted octanol–water partition coefficient (Wildman–Crippen LogP) is 1.47. The van der Waals surface area contributed by atoms with Crippen molar-refractivity contribution in [3.63, 3.8) is 0 Å². The van der Waals surface area contributed by atoms with Gasteiger partial charge in [0, 0.05) is 50.2 Å². The molecule has 1 fully saturated rings. The van der Waals surface area contributed by atoms with Crippen LogP contribution >= 0.6 is 11.3 Å². The van der Waals surface area contributed by atoms with Gasteiger partial charge in [-0.05, 0) is 25.4 Å². The molecule has 0 spiro atoms. The summed E-state index contributed by atoms with van der Waals surface area (Å²) in [7, 11) is 2.22. The second-order valence-corrected chi connectivity index (χ2v) is 5.92. The van der Waals surface area contributed by atoms with E-state index in [2.05, 4.69) is 46.6 Å². The van der Waals surface area contributed by atoms with Gasteiger partial charge in [-0.25, -0.2) is 0 Å². The largest absolute Gasteiger partial charge is 0.311 e. The summed E-state index contributed by atoms with van der Waals surface area (Å²) >= 11 is 1.83. The Labute approximate surface area is 108 Å². The lowest BCUT2D eigenvalue weighted by molar-refractivity contribution is 0.106. The van der Waals surface area contributed by atoms with Crippen molar-refractivity contribution in [1.82, 2.24) is 15.1 Å². The highest BCUT2D eigenvalue weighted by atomic mass is 32.1. The first kappa shape index (κ1) is 13.0. The quantitative estimate of drug-likeness (QED) is 0.802. The topological polar surface area (TPSA) is 18.5 Å². The Balaban J connectivity index is 1.59. The van der Waals surface area contributed by atoms with Gasteiger partial charge in [-0.2, -0.15) is 0 Å². The van der Waals surface area contributed by atoms with Crippen molar-refractivity contribution in [2.75, 3.05) is 39.8 Å². The van der Waals surface area contributed by atoms with Gasteiger partial charge in [-0.3, -0.25) is 4.90 Å². The molecular formula is C13H23N3S. The minimum atomic E-state index is 0.695. The normalized spacial score (nSPS) is 23.1. The molecule has 1 unspecified atom stereocenters. The number of rotatable bonds is 5. The van der Waals surface area contributed by atoms with Gasteiger partial charge < -0.3 is 10.2 Å². The first-order chi connectivity index (χ1) is 8.25. The minimum Gasteiger partial charge on any atom is -0.311 e. The molecule has 0 saturated carbocycles. The third kappa shape index (κ3) is 4.07. The van der Waals surface area contributed by atoms with Crippen LogP contribution in [0.1, 0.15) is 11.8 Å². The predicted molar refractivity (Wildman–Crippen MR) is 74.6 cm³/mol. The Morgan fingerprint density at radius 2 is 2.35 bits per heavy atom. The number of nitrogens with one attached hydrogen (secondary N) is 1. The first-order valence-electron chi connectivity index (χ1n) is 6.41. The molecule has 3 nitrogen and oxygen atoms in total. The van der Waals surface area contributed by atoms with E-state index in [-0.39, 0.29) is 0 Å². The van der Waals surface area contributed by atoms with Crippen LogP contribution in [0.2, 0.25) is 0 Å². The average Bonchev–Trinajstić information content (AvgIpc) is 2.82. The Morgan fingerprint density at radius 3 is 3.06 bits per heavy atom. The molecule has 1 saturated heterocycles. The second kappa shape index (κ2) is 6.50. The molecule has 1 atom stereocenters. The average molecular weight is 253 g/mol. The third-order valence-corrected chi connectivity index (χ3v) is 4.40. The Hall–Kier alpha value is -0.420. The molecule has 17 heavy (non-hydrogen) atoms. The van der Waals surface area contributed by atoms with E-state index in [9.17, 15) is 0 Å². The maximum Gasteiger partial charge on any atom is 0.0300 e. The fraction of sp³-hybridized carbons (Fsp3) is 0.692. The molecule has 4 heteroatoms. The van der Waals surface area contributed by atoms with Crippen LogP contribution in [0.25, 0.3) is 0 Å². The molecule has 0 radical (unpaired) electrons. The van der Waals surface area contributed by atoms with Crippen LogP contribution in [0.3, 0.4) is 0 Å². The van der Waals surface area contributed by atoms with Gasteiger partial charge in [-0.1, -0.05) is 6.07 Å². The molecule has 0 aromatic carbocycles. The van der Waals surface area contributed by atoms with Crippen molar-refractivity contribution in [3.8, 4) is 0 Å². The third-order valence-electron chi connectivity index (χ3n) is 3.53. The van der Waals surface area contributed by atoms with Crippen LogP contribution in [-0.2, 0) is 6.54 Å². The molecule has 0 aliphatic carbocycles. The van der Waals surface area contributed by atoms with E-state index in [0.717, 1.165) is 13.1 Å². The zero-order valence-electron chi connectivity index (χ0n) is 10.9. The molecule has 0 amide bonds. The molecule has 1 aliphatic rings. The molecule has 96 valence electrons. The number of nitrogens with zero attached hydrogens (tertiary/aromatic N) is 2. The zero-order valence-corrected chi connectivity index (χ0v) is 11.7. The second-order valence-electron chi connectivity index (χ2n) is 4.89. The van der Waals surface area contributed by atoms with Gasteiger partial charge in [0.15, 0.2) is 0 Å². The van der Waals surface area contributed by atoms with Crippen molar-refractivity contribution < 1.29 is 0 Å². The van der Waals surface area contributed by atoms with E-state index in [4.69, 9.17) is 0 Å².